The van der Waals surface area contributed by atoms with E-state index in [-0.39, 0.29) is 6.61 Å². The van der Waals surface area contributed by atoms with Gasteiger partial charge in [0.1, 0.15) is 30.2 Å². The summed E-state index contributed by atoms with van der Waals surface area (Å²) < 4.78 is 10.6. The molecule has 0 aliphatic carbocycles. The third kappa shape index (κ3) is 2.93. The van der Waals surface area contributed by atoms with Crippen LogP contribution in [0.3, 0.4) is 0 Å². The fraction of sp³-hybridized carbons (Fsp3) is 0.538. The molecule has 7 heteroatoms. The standard InChI is InChI=1S/C13H18O7/c14-5-7-3-1-2-4-8(7)19-13-12(18)11(17)10(16)9(6-15)20-13/h1-4,9-18H,5-6H2/t9-,10+,11+,12-,13+/m0/s1. The average molecular weight is 286 g/mol. The van der Waals surface area contributed by atoms with E-state index in [0.717, 1.165) is 0 Å². The Bertz CT molecular complexity index is 436. The first-order valence-electron chi connectivity index (χ1n) is 6.24. The zero-order chi connectivity index (χ0) is 14.7. The van der Waals surface area contributed by atoms with E-state index in [1.807, 2.05) is 0 Å². The molecule has 1 aliphatic rings. The second-order valence-electron chi connectivity index (χ2n) is 4.58. The summed E-state index contributed by atoms with van der Waals surface area (Å²) in [7, 11) is 0. The highest BCUT2D eigenvalue weighted by Gasteiger charge is 2.44. The number of rotatable bonds is 4. The fourth-order valence-corrected chi connectivity index (χ4v) is 2.04. The molecule has 5 atom stereocenters. The van der Waals surface area contributed by atoms with Crippen molar-refractivity contribution in [3.05, 3.63) is 29.8 Å². The van der Waals surface area contributed by atoms with Crippen LogP contribution in [0, 0.1) is 0 Å². The van der Waals surface area contributed by atoms with Crippen molar-refractivity contribution < 1.29 is 35.0 Å². The summed E-state index contributed by atoms with van der Waals surface area (Å²) in [6, 6.07) is 6.61. The molecular weight excluding hydrogens is 268 g/mol. The van der Waals surface area contributed by atoms with Crippen LogP contribution in [0.25, 0.3) is 0 Å². The minimum absolute atomic E-state index is 0.256. The van der Waals surface area contributed by atoms with Gasteiger partial charge in [-0.2, -0.15) is 0 Å². The molecule has 5 N–H and O–H groups in total. The Morgan fingerprint density at radius 2 is 1.70 bits per heavy atom. The topological polar surface area (TPSA) is 120 Å². The first kappa shape index (κ1) is 15.2. The zero-order valence-corrected chi connectivity index (χ0v) is 10.7. The van der Waals surface area contributed by atoms with Crippen molar-refractivity contribution in [3.63, 3.8) is 0 Å². The van der Waals surface area contributed by atoms with Crippen LogP contribution in [0.5, 0.6) is 5.75 Å². The predicted octanol–water partition coefficient (Wildman–Crippen LogP) is -1.64. The van der Waals surface area contributed by atoms with E-state index >= 15 is 0 Å². The Labute approximate surface area is 115 Å². The highest BCUT2D eigenvalue weighted by molar-refractivity contribution is 5.32. The molecule has 1 saturated heterocycles. The summed E-state index contributed by atoms with van der Waals surface area (Å²) in [6.45, 7) is -0.778. The molecule has 0 spiro atoms. The second-order valence-corrected chi connectivity index (χ2v) is 4.58. The van der Waals surface area contributed by atoms with E-state index in [1.165, 1.54) is 0 Å². The molecule has 112 valence electrons. The van der Waals surface area contributed by atoms with Gasteiger partial charge in [-0.25, -0.2) is 0 Å². The lowest BCUT2D eigenvalue weighted by Gasteiger charge is -2.39. The first-order valence-corrected chi connectivity index (χ1v) is 6.24. The summed E-state index contributed by atoms with van der Waals surface area (Å²) in [5.74, 6) is 0.291. The third-order valence-electron chi connectivity index (χ3n) is 3.23. The van der Waals surface area contributed by atoms with Gasteiger partial charge in [-0.15, -0.1) is 0 Å². The maximum Gasteiger partial charge on any atom is 0.229 e. The van der Waals surface area contributed by atoms with Crippen LogP contribution in [0.15, 0.2) is 24.3 Å². The van der Waals surface area contributed by atoms with Gasteiger partial charge in [-0.3, -0.25) is 0 Å². The largest absolute Gasteiger partial charge is 0.462 e. The normalized spacial score (nSPS) is 34.0. The summed E-state index contributed by atoms with van der Waals surface area (Å²) in [5, 5.41) is 47.4. The number of hydrogen-bond donors (Lipinski definition) is 5. The Morgan fingerprint density at radius 3 is 2.35 bits per heavy atom. The van der Waals surface area contributed by atoms with Crippen LogP contribution >= 0.6 is 0 Å². The lowest BCUT2D eigenvalue weighted by molar-refractivity contribution is -0.277. The van der Waals surface area contributed by atoms with Gasteiger partial charge < -0.3 is 35.0 Å². The van der Waals surface area contributed by atoms with Gasteiger partial charge in [-0.05, 0) is 6.07 Å². The van der Waals surface area contributed by atoms with Gasteiger partial charge in [-0.1, -0.05) is 18.2 Å². The molecule has 0 unspecified atom stereocenters. The van der Waals surface area contributed by atoms with E-state index < -0.39 is 37.3 Å². The van der Waals surface area contributed by atoms with Crippen molar-refractivity contribution in [1.82, 2.24) is 0 Å². The van der Waals surface area contributed by atoms with E-state index in [1.54, 1.807) is 24.3 Å². The number of aliphatic hydroxyl groups is 5. The van der Waals surface area contributed by atoms with Crippen LogP contribution in [0.4, 0.5) is 0 Å². The lowest BCUT2D eigenvalue weighted by Crippen LogP contribution is -2.60. The molecular formula is C13H18O7. The number of aliphatic hydroxyl groups excluding tert-OH is 5. The number of ether oxygens (including phenoxy) is 2. The van der Waals surface area contributed by atoms with Gasteiger partial charge in [0.25, 0.3) is 0 Å². The number of para-hydroxylation sites is 1. The van der Waals surface area contributed by atoms with Crippen molar-refractivity contribution in [3.8, 4) is 5.75 Å². The molecule has 2 rings (SSSR count). The maximum atomic E-state index is 9.84. The van der Waals surface area contributed by atoms with Gasteiger partial charge >= 0.3 is 0 Å². The monoisotopic (exact) mass is 286 g/mol. The van der Waals surface area contributed by atoms with Crippen molar-refractivity contribution in [2.24, 2.45) is 0 Å². The maximum absolute atomic E-state index is 9.84. The zero-order valence-electron chi connectivity index (χ0n) is 10.7. The van der Waals surface area contributed by atoms with Gasteiger partial charge in [0.2, 0.25) is 6.29 Å². The van der Waals surface area contributed by atoms with Gasteiger partial charge in [0.15, 0.2) is 0 Å². The summed E-state index contributed by atoms with van der Waals surface area (Å²) in [4.78, 5) is 0. The summed E-state index contributed by atoms with van der Waals surface area (Å²) >= 11 is 0. The van der Waals surface area contributed by atoms with Crippen molar-refractivity contribution in [2.45, 2.75) is 37.3 Å². The van der Waals surface area contributed by atoms with E-state index in [9.17, 15) is 20.4 Å². The molecule has 1 aliphatic heterocycles. The number of benzene rings is 1. The summed E-state index contributed by atoms with van der Waals surface area (Å²) in [5.41, 5.74) is 0.490. The third-order valence-corrected chi connectivity index (χ3v) is 3.23. The van der Waals surface area contributed by atoms with Crippen molar-refractivity contribution in [1.29, 1.82) is 0 Å². The molecule has 1 fully saturated rings. The molecule has 0 bridgehead atoms. The molecule has 1 aromatic carbocycles. The lowest BCUT2D eigenvalue weighted by atomic mass is 9.99. The first-order chi connectivity index (χ1) is 9.58. The van der Waals surface area contributed by atoms with E-state index in [2.05, 4.69) is 0 Å². The molecule has 0 aromatic heterocycles. The van der Waals surface area contributed by atoms with Crippen LogP contribution in [-0.4, -0.2) is 62.8 Å². The highest BCUT2D eigenvalue weighted by Crippen LogP contribution is 2.26. The molecule has 20 heavy (non-hydrogen) atoms. The Hall–Kier alpha value is -1.22. The van der Waals surface area contributed by atoms with Crippen molar-refractivity contribution in [2.75, 3.05) is 6.61 Å². The van der Waals surface area contributed by atoms with E-state index in [4.69, 9.17) is 14.6 Å². The van der Waals surface area contributed by atoms with E-state index in [0.29, 0.717) is 11.3 Å². The fourth-order valence-electron chi connectivity index (χ4n) is 2.04. The highest BCUT2D eigenvalue weighted by atomic mass is 16.7. The molecule has 0 radical (unpaired) electrons. The van der Waals surface area contributed by atoms with Crippen LogP contribution in [-0.2, 0) is 11.3 Å². The quantitative estimate of drug-likeness (QED) is 0.450. The molecule has 0 amide bonds. The van der Waals surface area contributed by atoms with Crippen LogP contribution < -0.4 is 4.74 Å². The Morgan fingerprint density at radius 1 is 1.00 bits per heavy atom. The second kappa shape index (κ2) is 6.49. The van der Waals surface area contributed by atoms with Gasteiger partial charge in [0, 0.05) is 5.56 Å². The van der Waals surface area contributed by atoms with Gasteiger partial charge in [0.05, 0.1) is 13.2 Å². The Balaban J connectivity index is 2.15. The minimum Gasteiger partial charge on any atom is -0.462 e. The van der Waals surface area contributed by atoms with Crippen molar-refractivity contribution >= 4 is 0 Å². The molecule has 7 nitrogen and oxygen atoms in total. The molecule has 1 heterocycles. The minimum atomic E-state index is -1.49. The van der Waals surface area contributed by atoms with Crippen LogP contribution in [0.2, 0.25) is 0 Å². The molecule has 1 aromatic rings. The number of hydrogen-bond acceptors (Lipinski definition) is 7. The predicted molar refractivity (Wildman–Crippen MR) is 66.8 cm³/mol. The SMILES string of the molecule is OCc1ccccc1O[C@@H]1O[C@@H](CO)[C@@H](O)[C@@H](O)[C@@H]1O. The Kier molecular flexibility index (Phi) is 4.92. The average Bonchev–Trinajstić information content (AvgIpc) is 2.48. The smallest absolute Gasteiger partial charge is 0.229 e. The molecule has 0 saturated carbocycles. The van der Waals surface area contributed by atoms with Crippen LogP contribution in [0.1, 0.15) is 5.56 Å². The summed E-state index contributed by atoms with van der Waals surface area (Å²) in [6.07, 6.45) is -6.67.